The van der Waals surface area contributed by atoms with Crippen molar-refractivity contribution in [3.8, 4) is 11.5 Å². The van der Waals surface area contributed by atoms with Crippen molar-refractivity contribution in [3.05, 3.63) is 81.8 Å². The molecule has 1 aliphatic rings. The Labute approximate surface area is 187 Å². The van der Waals surface area contributed by atoms with Gasteiger partial charge in [-0.05, 0) is 42.0 Å². The first-order chi connectivity index (χ1) is 14.4. The Hall–Kier alpha value is -2.08. The van der Waals surface area contributed by atoms with E-state index < -0.39 is 7.82 Å². The molecule has 1 unspecified atom stereocenters. The molecule has 154 valence electrons. The summed E-state index contributed by atoms with van der Waals surface area (Å²) in [6.45, 7) is 0. The van der Waals surface area contributed by atoms with E-state index in [0.717, 1.165) is 15.4 Å². The van der Waals surface area contributed by atoms with Gasteiger partial charge in [0.2, 0.25) is 0 Å². The van der Waals surface area contributed by atoms with Gasteiger partial charge in [0.05, 0.1) is 17.0 Å². The van der Waals surface area contributed by atoms with Crippen LogP contribution >= 0.6 is 42.8 Å². The smallest absolute Gasteiger partial charge is 0.496 e. The SMILES string of the molecule is COc1cccc2c1Sc1ccccc1C=C2OP(=O)(O)Oc1cc(Cl)ccc1Cl. The minimum Gasteiger partial charge on any atom is -0.496 e. The van der Waals surface area contributed by atoms with Gasteiger partial charge < -0.3 is 13.8 Å². The molecule has 0 saturated carbocycles. The molecule has 0 amide bonds. The van der Waals surface area contributed by atoms with Crippen molar-refractivity contribution < 1.29 is 23.2 Å². The zero-order chi connectivity index (χ0) is 21.3. The standard InChI is InChI=1S/C21H15Cl2O5PS/c1-26-17-7-4-6-15-18(11-13-5-2-3-8-20(13)30-21(15)17)27-29(24,25)28-19-12-14(22)9-10-16(19)23/h2-12H,1H3,(H,24,25). The van der Waals surface area contributed by atoms with E-state index in [-0.39, 0.29) is 16.5 Å². The molecular formula is C21H15Cl2O5PS. The fourth-order valence-corrected chi connectivity index (χ4v) is 5.24. The molecular weight excluding hydrogens is 466 g/mol. The summed E-state index contributed by atoms with van der Waals surface area (Å²) < 4.78 is 29.1. The second-order valence-corrected chi connectivity index (χ2v) is 9.41. The third-order valence-corrected chi connectivity index (χ3v) is 6.82. The highest BCUT2D eigenvalue weighted by Crippen LogP contribution is 2.53. The Bertz CT molecular complexity index is 1200. The Morgan fingerprint density at radius 1 is 0.967 bits per heavy atom. The number of fused-ring (bicyclic) bond motifs is 2. The Kier molecular flexibility index (Phi) is 6.05. The van der Waals surface area contributed by atoms with Crippen LogP contribution in [0.3, 0.4) is 0 Å². The highest BCUT2D eigenvalue weighted by molar-refractivity contribution is 7.99. The summed E-state index contributed by atoms with van der Waals surface area (Å²) in [6.07, 6.45) is 1.69. The predicted octanol–water partition coefficient (Wildman–Crippen LogP) is 7.16. The largest absolute Gasteiger partial charge is 0.584 e. The van der Waals surface area contributed by atoms with Gasteiger partial charge in [0, 0.05) is 21.5 Å². The van der Waals surface area contributed by atoms with Gasteiger partial charge in [0.25, 0.3) is 0 Å². The van der Waals surface area contributed by atoms with Crippen molar-refractivity contribution in [3.63, 3.8) is 0 Å². The number of halogens is 2. The molecule has 0 fully saturated rings. The summed E-state index contributed by atoms with van der Waals surface area (Å²) in [5.74, 6) is 0.741. The van der Waals surface area contributed by atoms with Gasteiger partial charge in [-0.3, -0.25) is 4.89 Å². The third-order valence-electron chi connectivity index (χ3n) is 4.20. The Morgan fingerprint density at radius 3 is 2.57 bits per heavy atom. The van der Waals surface area contributed by atoms with E-state index in [0.29, 0.717) is 16.3 Å². The molecule has 30 heavy (non-hydrogen) atoms. The molecule has 1 aliphatic heterocycles. The molecule has 0 bridgehead atoms. The molecule has 0 spiro atoms. The predicted molar refractivity (Wildman–Crippen MR) is 119 cm³/mol. The molecule has 0 aromatic heterocycles. The number of benzene rings is 3. The molecule has 0 radical (unpaired) electrons. The fourth-order valence-electron chi connectivity index (χ4n) is 2.89. The van der Waals surface area contributed by atoms with Crippen LogP contribution in [0.4, 0.5) is 0 Å². The highest BCUT2D eigenvalue weighted by Gasteiger charge is 2.31. The molecule has 1 atom stereocenters. The van der Waals surface area contributed by atoms with Gasteiger partial charge in [-0.15, -0.1) is 0 Å². The maximum absolute atomic E-state index is 12.8. The first kappa shape index (κ1) is 21.2. The molecule has 5 nitrogen and oxygen atoms in total. The third kappa shape index (κ3) is 4.48. The van der Waals surface area contributed by atoms with Crippen LogP contribution in [-0.4, -0.2) is 12.0 Å². The number of rotatable bonds is 5. The van der Waals surface area contributed by atoms with E-state index in [2.05, 4.69) is 0 Å². The van der Waals surface area contributed by atoms with Gasteiger partial charge >= 0.3 is 7.82 Å². The lowest BCUT2D eigenvalue weighted by Gasteiger charge is -2.18. The van der Waals surface area contributed by atoms with E-state index >= 15 is 0 Å². The summed E-state index contributed by atoms with van der Waals surface area (Å²) in [5.41, 5.74) is 1.43. The second kappa shape index (κ2) is 8.58. The Morgan fingerprint density at radius 2 is 1.77 bits per heavy atom. The summed E-state index contributed by atoms with van der Waals surface area (Å²) in [6, 6.07) is 17.4. The molecule has 0 aliphatic carbocycles. The number of ether oxygens (including phenoxy) is 1. The molecule has 4 rings (SSSR count). The molecule has 9 heteroatoms. The van der Waals surface area contributed by atoms with E-state index in [1.54, 1.807) is 31.4 Å². The topological polar surface area (TPSA) is 65.0 Å². The van der Waals surface area contributed by atoms with Gasteiger partial charge in [-0.25, -0.2) is 4.57 Å². The molecule has 0 saturated heterocycles. The monoisotopic (exact) mass is 480 g/mol. The van der Waals surface area contributed by atoms with E-state index in [1.807, 2.05) is 30.3 Å². The highest BCUT2D eigenvalue weighted by atomic mass is 35.5. The number of phosphoric ester groups is 1. The van der Waals surface area contributed by atoms with E-state index in [1.165, 1.54) is 23.9 Å². The zero-order valence-electron chi connectivity index (χ0n) is 15.5. The quantitative estimate of drug-likeness (QED) is 0.390. The van der Waals surface area contributed by atoms with Gasteiger partial charge in [-0.2, -0.15) is 0 Å². The Balaban J connectivity index is 1.76. The number of methoxy groups -OCH3 is 1. The van der Waals surface area contributed by atoms with Gasteiger partial charge in [-0.1, -0.05) is 59.2 Å². The van der Waals surface area contributed by atoms with Crippen molar-refractivity contribution in [2.24, 2.45) is 0 Å². The summed E-state index contributed by atoms with van der Waals surface area (Å²) in [5, 5.41) is 0.443. The second-order valence-electron chi connectivity index (χ2n) is 6.21. The minimum absolute atomic E-state index is 0.0511. The van der Waals surface area contributed by atoms with Crippen molar-refractivity contribution in [1.29, 1.82) is 0 Å². The van der Waals surface area contributed by atoms with E-state index in [9.17, 15) is 9.46 Å². The van der Waals surface area contributed by atoms with Gasteiger partial charge in [0.15, 0.2) is 5.75 Å². The zero-order valence-corrected chi connectivity index (χ0v) is 18.8. The van der Waals surface area contributed by atoms with Crippen LogP contribution in [0, 0.1) is 0 Å². The molecule has 3 aromatic carbocycles. The van der Waals surface area contributed by atoms with Crippen molar-refractivity contribution in [2.45, 2.75) is 9.79 Å². The summed E-state index contributed by atoms with van der Waals surface area (Å²) in [4.78, 5) is 12.2. The number of phosphoric acid groups is 1. The lowest BCUT2D eigenvalue weighted by Crippen LogP contribution is -1.99. The van der Waals surface area contributed by atoms with Crippen LogP contribution in [0.15, 0.2) is 70.5 Å². The fraction of sp³-hybridized carbons (Fsp3) is 0.0476. The van der Waals surface area contributed by atoms with Crippen LogP contribution < -0.4 is 9.26 Å². The van der Waals surface area contributed by atoms with Crippen molar-refractivity contribution >= 4 is 54.6 Å². The van der Waals surface area contributed by atoms with Crippen LogP contribution in [0.2, 0.25) is 10.0 Å². The van der Waals surface area contributed by atoms with Gasteiger partial charge in [0.1, 0.15) is 11.5 Å². The summed E-state index contributed by atoms with van der Waals surface area (Å²) in [7, 11) is -3.03. The first-order valence-electron chi connectivity index (χ1n) is 8.69. The van der Waals surface area contributed by atoms with Crippen LogP contribution in [0.25, 0.3) is 11.8 Å². The maximum Gasteiger partial charge on any atom is 0.584 e. The molecule has 3 aromatic rings. The number of hydrogen-bond donors (Lipinski definition) is 1. The molecule has 1 heterocycles. The van der Waals surface area contributed by atoms with Crippen LogP contribution in [-0.2, 0) is 9.09 Å². The summed E-state index contributed by atoms with van der Waals surface area (Å²) >= 11 is 13.5. The first-order valence-corrected chi connectivity index (χ1v) is 11.8. The van der Waals surface area contributed by atoms with Crippen LogP contribution in [0.1, 0.15) is 11.1 Å². The maximum atomic E-state index is 12.8. The lowest BCUT2D eigenvalue weighted by atomic mass is 10.1. The van der Waals surface area contributed by atoms with Crippen molar-refractivity contribution in [1.82, 2.24) is 0 Å². The van der Waals surface area contributed by atoms with Crippen LogP contribution in [0.5, 0.6) is 11.5 Å². The average molecular weight is 481 g/mol. The average Bonchev–Trinajstić information content (AvgIpc) is 2.86. The van der Waals surface area contributed by atoms with Crippen molar-refractivity contribution in [2.75, 3.05) is 7.11 Å². The molecule has 1 N–H and O–H groups in total. The minimum atomic E-state index is -4.60. The lowest BCUT2D eigenvalue weighted by molar-refractivity contribution is 0.277. The van der Waals surface area contributed by atoms with E-state index in [4.69, 9.17) is 37.0 Å². The number of hydrogen-bond acceptors (Lipinski definition) is 5. The normalized spacial score (nSPS) is 14.5.